The predicted molar refractivity (Wildman–Crippen MR) is 141 cm³/mol. The van der Waals surface area contributed by atoms with Crippen molar-refractivity contribution in [2.75, 3.05) is 43.6 Å². The summed E-state index contributed by atoms with van der Waals surface area (Å²) in [6.07, 6.45) is 6.53. The first-order valence-corrected chi connectivity index (χ1v) is 12.9. The molecule has 0 saturated heterocycles. The smallest absolute Gasteiger partial charge is 0.263 e. The molecule has 9 heteroatoms. The number of nitrogens with one attached hydrogen (secondary N) is 2. The molecule has 1 fully saturated rings. The zero-order chi connectivity index (χ0) is 25.4. The third-order valence-electron chi connectivity index (χ3n) is 7.67. The Balaban J connectivity index is 1.10. The van der Waals surface area contributed by atoms with Crippen molar-refractivity contribution in [3.05, 3.63) is 42.2 Å². The summed E-state index contributed by atoms with van der Waals surface area (Å²) in [4.78, 5) is 23.2. The zero-order valence-electron chi connectivity index (χ0n) is 21.0. The number of amides is 1. The molecule has 2 N–H and O–H groups in total. The van der Waals surface area contributed by atoms with Crippen LogP contribution in [0.15, 0.2) is 36.5 Å². The number of carbonyl (C=O) groups is 1. The molecule has 4 heterocycles. The second-order valence-electron chi connectivity index (χ2n) is 10.1. The summed E-state index contributed by atoms with van der Waals surface area (Å²) >= 11 is 0. The highest BCUT2D eigenvalue weighted by Gasteiger charge is 2.29. The lowest BCUT2D eigenvalue weighted by atomic mass is 9.78. The minimum atomic E-state index is -0.197. The second-order valence-corrected chi connectivity index (χ2v) is 10.1. The van der Waals surface area contributed by atoms with Crippen LogP contribution in [-0.4, -0.2) is 55.0 Å². The summed E-state index contributed by atoms with van der Waals surface area (Å²) in [7, 11) is 1.68. The standard InChI is InChI=1S/C28H31N5O4/c1-35-20-7-8-23-21(13-20)27-25(14-30-23)36-11-10-33(27)15-17-2-4-18(5-3-17)22(29)12-19-6-9-24-28(31-19)32-26(34)16-37-24/h6-9,13-14,17-18,29H,2-5,10-12,15-16H2,1H3,(H,31,32,34). The largest absolute Gasteiger partial charge is 0.497 e. The maximum absolute atomic E-state index is 11.6. The molecule has 6 rings (SSSR count). The van der Waals surface area contributed by atoms with Gasteiger partial charge in [0.2, 0.25) is 0 Å². The molecule has 2 aliphatic heterocycles. The van der Waals surface area contributed by atoms with E-state index in [1.165, 1.54) is 0 Å². The zero-order valence-corrected chi connectivity index (χ0v) is 21.0. The van der Waals surface area contributed by atoms with Crippen LogP contribution in [0.1, 0.15) is 31.4 Å². The first kappa shape index (κ1) is 23.5. The van der Waals surface area contributed by atoms with Gasteiger partial charge in [0, 0.05) is 29.8 Å². The number of rotatable bonds is 6. The van der Waals surface area contributed by atoms with E-state index in [9.17, 15) is 4.79 Å². The molecule has 1 aliphatic carbocycles. The lowest BCUT2D eigenvalue weighted by Crippen LogP contribution is -2.38. The van der Waals surface area contributed by atoms with E-state index in [0.717, 1.165) is 78.3 Å². The Morgan fingerprint density at radius 3 is 2.86 bits per heavy atom. The van der Waals surface area contributed by atoms with Crippen LogP contribution < -0.4 is 24.4 Å². The van der Waals surface area contributed by atoms with Crippen molar-refractivity contribution in [3.8, 4) is 17.2 Å². The van der Waals surface area contributed by atoms with E-state index < -0.39 is 0 Å². The van der Waals surface area contributed by atoms with Gasteiger partial charge in [-0.3, -0.25) is 9.78 Å². The number of benzene rings is 1. The fourth-order valence-electron chi connectivity index (χ4n) is 5.71. The van der Waals surface area contributed by atoms with E-state index in [-0.39, 0.29) is 18.4 Å². The lowest BCUT2D eigenvalue weighted by Gasteiger charge is -2.37. The highest BCUT2D eigenvalue weighted by atomic mass is 16.5. The van der Waals surface area contributed by atoms with E-state index in [1.54, 1.807) is 7.11 Å². The molecule has 0 spiro atoms. The van der Waals surface area contributed by atoms with Gasteiger partial charge in [0.1, 0.15) is 12.4 Å². The van der Waals surface area contributed by atoms with Gasteiger partial charge >= 0.3 is 0 Å². The number of aromatic nitrogens is 2. The summed E-state index contributed by atoms with van der Waals surface area (Å²) in [5.41, 5.74) is 3.56. The van der Waals surface area contributed by atoms with Crippen LogP contribution in [0.5, 0.6) is 17.2 Å². The Bertz CT molecular complexity index is 1350. The molecule has 3 aromatic rings. The number of hydrogen-bond acceptors (Lipinski definition) is 8. The number of ether oxygens (including phenoxy) is 3. The molecule has 192 valence electrons. The number of anilines is 2. The van der Waals surface area contributed by atoms with Crippen LogP contribution in [0.25, 0.3) is 10.9 Å². The number of carbonyl (C=O) groups excluding carboxylic acids is 1. The lowest BCUT2D eigenvalue weighted by molar-refractivity contribution is -0.118. The van der Waals surface area contributed by atoms with Gasteiger partial charge < -0.3 is 29.8 Å². The molecule has 0 radical (unpaired) electrons. The summed E-state index contributed by atoms with van der Waals surface area (Å²) in [5, 5.41) is 12.6. The van der Waals surface area contributed by atoms with Crippen LogP contribution >= 0.6 is 0 Å². The average molecular weight is 502 g/mol. The fourth-order valence-corrected chi connectivity index (χ4v) is 5.71. The van der Waals surface area contributed by atoms with Gasteiger partial charge in [-0.05, 0) is 67.9 Å². The fraction of sp³-hybridized carbons (Fsp3) is 0.429. The van der Waals surface area contributed by atoms with Crippen molar-refractivity contribution in [1.29, 1.82) is 5.41 Å². The molecule has 0 bridgehead atoms. The van der Waals surface area contributed by atoms with Gasteiger partial charge in [0.05, 0.1) is 31.1 Å². The maximum atomic E-state index is 11.6. The molecule has 9 nitrogen and oxygen atoms in total. The maximum Gasteiger partial charge on any atom is 0.263 e. The first-order chi connectivity index (χ1) is 18.1. The number of pyridine rings is 2. The molecule has 37 heavy (non-hydrogen) atoms. The van der Waals surface area contributed by atoms with Gasteiger partial charge in [-0.1, -0.05) is 0 Å². The van der Waals surface area contributed by atoms with Gasteiger partial charge in [-0.15, -0.1) is 0 Å². The molecule has 0 unspecified atom stereocenters. The molecular weight excluding hydrogens is 470 g/mol. The van der Waals surface area contributed by atoms with E-state index >= 15 is 0 Å². The Labute approximate surface area is 215 Å². The van der Waals surface area contributed by atoms with Crippen molar-refractivity contribution >= 4 is 34.0 Å². The molecule has 2 aromatic heterocycles. The van der Waals surface area contributed by atoms with Crippen molar-refractivity contribution < 1.29 is 19.0 Å². The Kier molecular flexibility index (Phi) is 6.28. The molecule has 0 atom stereocenters. The number of fused-ring (bicyclic) bond motifs is 4. The van der Waals surface area contributed by atoms with Gasteiger partial charge in [-0.2, -0.15) is 0 Å². The monoisotopic (exact) mass is 501 g/mol. The van der Waals surface area contributed by atoms with E-state index in [2.05, 4.69) is 20.2 Å². The van der Waals surface area contributed by atoms with Gasteiger partial charge in [0.15, 0.2) is 23.9 Å². The second kappa shape index (κ2) is 9.88. The van der Waals surface area contributed by atoms with Crippen molar-refractivity contribution in [2.24, 2.45) is 11.8 Å². The molecular formula is C28H31N5O4. The quantitative estimate of drug-likeness (QED) is 0.486. The minimum absolute atomic E-state index is 0.0183. The number of methoxy groups -OCH3 is 1. The third kappa shape index (κ3) is 4.77. The molecule has 1 amide bonds. The van der Waals surface area contributed by atoms with Crippen LogP contribution in [-0.2, 0) is 11.2 Å². The van der Waals surface area contributed by atoms with E-state index in [0.29, 0.717) is 30.5 Å². The molecule has 1 aromatic carbocycles. The summed E-state index contributed by atoms with van der Waals surface area (Å²) < 4.78 is 16.8. The van der Waals surface area contributed by atoms with Gasteiger partial charge in [0.25, 0.3) is 5.91 Å². The van der Waals surface area contributed by atoms with E-state index in [1.807, 2.05) is 36.5 Å². The Hall–Kier alpha value is -3.88. The minimum Gasteiger partial charge on any atom is -0.497 e. The normalized spacial score (nSPS) is 20.8. The third-order valence-corrected chi connectivity index (χ3v) is 7.67. The summed E-state index contributed by atoms with van der Waals surface area (Å²) in [5.74, 6) is 3.33. The Morgan fingerprint density at radius 2 is 2.03 bits per heavy atom. The summed E-state index contributed by atoms with van der Waals surface area (Å²) in [6, 6.07) is 9.70. The number of hydrogen-bond donors (Lipinski definition) is 2. The SMILES string of the molecule is COc1ccc2ncc3c(c2c1)N(CC1CCC(C(=N)Cc2ccc4c(n2)NC(=O)CO4)CC1)CCO3. The van der Waals surface area contributed by atoms with Crippen LogP contribution in [0.3, 0.4) is 0 Å². The van der Waals surface area contributed by atoms with E-state index in [4.69, 9.17) is 19.6 Å². The van der Waals surface area contributed by atoms with Crippen LogP contribution in [0.4, 0.5) is 11.5 Å². The number of nitrogens with zero attached hydrogens (tertiary/aromatic N) is 3. The highest BCUT2D eigenvalue weighted by Crippen LogP contribution is 2.40. The van der Waals surface area contributed by atoms with Crippen molar-refractivity contribution in [2.45, 2.75) is 32.1 Å². The van der Waals surface area contributed by atoms with Crippen molar-refractivity contribution in [3.63, 3.8) is 0 Å². The molecule has 1 saturated carbocycles. The van der Waals surface area contributed by atoms with Crippen molar-refractivity contribution in [1.82, 2.24) is 9.97 Å². The highest BCUT2D eigenvalue weighted by molar-refractivity contribution is 5.96. The topological polar surface area (TPSA) is 110 Å². The summed E-state index contributed by atoms with van der Waals surface area (Å²) in [6.45, 7) is 2.50. The van der Waals surface area contributed by atoms with Crippen LogP contribution in [0, 0.1) is 17.2 Å². The molecule has 3 aliphatic rings. The first-order valence-electron chi connectivity index (χ1n) is 12.9. The van der Waals surface area contributed by atoms with Crippen LogP contribution in [0.2, 0.25) is 0 Å². The average Bonchev–Trinajstić information content (AvgIpc) is 2.92. The predicted octanol–water partition coefficient (Wildman–Crippen LogP) is 4.24. The Morgan fingerprint density at radius 1 is 1.16 bits per heavy atom. The van der Waals surface area contributed by atoms with Gasteiger partial charge in [-0.25, -0.2) is 4.98 Å².